The number of carboxylic acids is 1. The van der Waals surface area contributed by atoms with Crippen molar-refractivity contribution in [3.05, 3.63) is 35.9 Å². The van der Waals surface area contributed by atoms with Crippen molar-refractivity contribution < 1.29 is 14.7 Å². The maximum atomic E-state index is 12.2. The molecule has 4 atom stereocenters. The Labute approximate surface area is 124 Å². The van der Waals surface area contributed by atoms with Gasteiger partial charge in [0, 0.05) is 12.5 Å². The molecule has 2 N–H and O–H groups in total. The van der Waals surface area contributed by atoms with Crippen LogP contribution in [0.25, 0.3) is 0 Å². The number of nitrogens with one attached hydrogen (secondary N) is 1. The minimum absolute atomic E-state index is 0.0667. The highest BCUT2D eigenvalue weighted by atomic mass is 16.4. The van der Waals surface area contributed by atoms with Crippen molar-refractivity contribution in [1.82, 2.24) is 5.32 Å². The van der Waals surface area contributed by atoms with Crippen LogP contribution in [0.2, 0.25) is 0 Å². The lowest BCUT2D eigenvalue weighted by Crippen LogP contribution is -2.34. The van der Waals surface area contributed by atoms with Crippen LogP contribution < -0.4 is 5.32 Å². The Morgan fingerprint density at radius 1 is 1.14 bits per heavy atom. The van der Waals surface area contributed by atoms with Gasteiger partial charge in [0.15, 0.2) is 0 Å². The Morgan fingerprint density at radius 3 is 2.62 bits per heavy atom. The van der Waals surface area contributed by atoms with Crippen LogP contribution in [0.15, 0.2) is 30.3 Å². The first-order chi connectivity index (χ1) is 10.2. The maximum Gasteiger partial charge on any atom is 0.306 e. The normalized spacial score (nSPS) is 30.9. The molecule has 1 aromatic rings. The van der Waals surface area contributed by atoms with Gasteiger partial charge in [-0.3, -0.25) is 9.59 Å². The minimum Gasteiger partial charge on any atom is -0.481 e. The molecule has 1 amide bonds. The zero-order valence-electron chi connectivity index (χ0n) is 12.0. The number of carbonyl (C=O) groups is 2. The van der Waals surface area contributed by atoms with Crippen molar-refractivity contribution in [3.8, 4) is 0 Å². The van der Waals surface area contributed by atoms with Gasteiger partial charge in [-0.2, -0.15) is 0 Å². The van der Waals surface area contributed by atoms with E-state index >= 15 is 0 Å². The molecule has 0 aliphatic heterocycles. The molecule has 0 radical (unpaired) electrons. The van der Waals surface area contributed by atoms with Gasteiger partial charge in [-0.15, -0.1) is 0 Å². The second kappa shape index (κ2) is 5.88. The largest absolute Gasteiger partial charge is 0.481 e. The van der Waals surface area contributed by atoms with E-state index in [1.165, 1.54) is 5.56 Å². The Hall–Kier alpha value is -1.84. The third kappa shape index (κ3) is 3.09. The predicted molar refractivity (Wildman–Crippen MR) is 78.8 cm³/mol. The van der Waals surface area contributed by atoms with Crippen LogP contribution in [0.5, 0.6) is 0 Å². The number of carbonyl (C=O) groups excluding carboxylic acids is 1. The van der Waals surface area contributed by atoms with E-state index < -0.39 is 5.97 Å². The summed E-state index contributed by atoms with van der Waals surface area (Å²) >= 11 is 0. The molecule has 3 rings (SSSR count). The van der Waals surface area contributed by atoms with Gasteiger partial charge in [-0.25, -0.2) is 0 Å². The van der Waals surface area contributed by atoms with Crippen molar-refractivity contribution in [2.24, 2.45) is 17.8 Å². The summed E-state index contributed by atoms with van der Waals surface area (Å²) in [6.45, 7) is 0.508. The highest BCUT2D eigenvalue weighted by Crippen LogP contribution is 2.47. The van der Waals surface area contributed by atoms with Crippen LogP contribution in [0, 0.1) is 17.8 Å². The highest BCUT2D eigenvalue weighted by molar-refractivity contribution is 5.83. The molecule has 0 spiro atoms. The molecule has 4 nitrogen and oxygen atoms in total. The van der Waals surface area contributed by atoms with E-state index in [1.807, 2.05) is 18.2 Å². The zero-order chi connectivity index (χ0) is 14.8. The summed E-state index contributed by atoms with van der Waals surface area (Å²) in [6, 6.07) is 10.1. The van der Waals surface area contributed by atoms with Crippen molar-refractivity contribution in [2.45, 2.75) is 31.6 Å². The van der Waals surface area contributed by atoms with Crippen LogP contribution in [0.3, 0.4) is 0 Å². The second-order valence-electron chi connectivity index (χ2n) is 6.24. The Balaban J connectivity index is 1.49. The topological polar surface area (TPSA) is 66.4 Å². The fourth-order valence-corrected chi connectivity index (χ4v) is 3.52. The quantitative estimate of drug-likeness (QED) is 0.874. The molecule has 2 fully saturated rings. The maximum absolute atomic E-state index is 12.2. The fourth-order valence-electron chi connectivity index (χ4n) is 3.52. The van der Waals surface area contributed by atoms with Gasteiger partial charge in [0.25, 0.3) is 0 Å². The van der Waals surface area contributed by atoms with Gasteiger partial charge in [0.2, 0.25) is 5.91 Å². The first-order valence-corrected chi connectivity index (χ1v) is 7.72. The molecule has 1 aromatic carbocycles. The number of benzene rings is 1. The molecule has 0 bridgehead atoms. The Kier molecular flexibility index (Phi) is 3.95. The first-order valence-electron chi connectivity index (χ1n) is 7.72. The predicted octanol–water partition coefficient (Wildman–Crippen LogP) is 2.41. The van der Waals surface area contributed by atoms with Crippen molar-refractivity contribution >= 4 is 11.9 Å². The van der Waals surface area contributed by atoms with Gasteiger partial charge in [-0.05, 0) is 36.7 Å². The summed E-state index contributed by atoms with van der Waals surface area (Å²) in [5.74, 6) is -0.419. The monoisotopic (exact) mass is 287 g/mol. The molecule has 4 unspecified atom stereocenters. The van der Waals surface area contributed by atoms with E-state index in [4.69, 9.17) is 5.11 Å². The van der Waals surface area contributed by atoms with E-state index in [1.54, 1.807) is 0 Å². The summed E-state index contributed by atoms with van der Waals surface area (Å²) in [6.07, 6.45) is 3.51. The molecule has 0 heterocycles. The molecule has 112 valence electrons. The summed E-state index contributed by atoms with van der Waals surface area (Å²) in [5, 5.41) is 12.1. The number of aliphatic carboxylic acids is 1. The molecular formula is C17H21NO3. The van der Waals surface area contributed by atoms with Crippen LogP contribution in [0.1, 0.15) is 37.2 Å². The zero-order valence-corrected chi connectivity index (χ0v) is 12.0. The summed E-state index contributed by atoms with van der Waals surface area (Å²) < 4.78 is 0. The lowest BCUT2D eigenvalue weighted by atomic mass is 9.96. The van der Waals surface area contributed by atoms with Crippen molar-refractivity contribution in [1.29, 1.82) is 0 Å². The third-order valence-electron chi connectivity index (χ3n) is 4.87. The first kappa shape index (κ1) is 14.1. The number of rotatable bonds is 5. The molecule has 4 heteroatoms. The van der Waals surface area contributed by atoms with Crippen LogP contribution in [-0.2, 0) is 9.59 Å². The van der Waals surface area contributed by atoms with E-state index in [9.17, 15) is 9.59 Å². The second-order valence-corrected chi connectivity index (χ2v) is 6.24. The average Bonchev–Trinajstić information content (AvgIpc) is 3.15. The molecule has 2 aliphatic rings. The minimum atomic E-state index is -0.722. The smallest absolute Gasteiger partial charge is 0.306 e. The van der Waals surface area contributed by atoms with Crippen LogP contribution in [0.4, 0.5) is 0 Å². The summed E-state index contributed by atoms with van der Waals surface area (Å²) in [7, 11) is 0. The Bertz CT molecular complexity index is 528. The van der Waals surface area contributed by atoms with Crippen molar-refractivity contribution in [3.63, 3.8) is 0 Å². The van der Waals surface area contributed by atoms with Crippen LogP contribution >= 0.6 is 0 Å². The fraction of sp³-hybridized carbons (Fsp3) is 0.529. The lowest BCUT2D eigenvalue weighted by molar-refractivity contribution is -0.143. The van der Waals surface area contributed by atoms with Gasteiger partial charge in [-0.1, -0.05) is 36.8 Å². The molecule has 0 aromatic heterocycles. The number of hydrogen-bond acceptors (Lipinski definition) is 2. The Morgan fingerprint density at radius 2 is 1.90 bits per heavy atom. The van der Waals surface area contributed by atoms with E-state index in [2.05, 4.69) is 17.4 Å². The van der Waals surface area contributed by atoms with Crippen molar-refractivity contribution in [2.75, 3.05) is 6.54 Å². The average molecular weight is 287 g/mol. The number of hydrogen-bond donors (Lipinski definition) is 2. The molecular weight excluding hydrogens is 266 g/mol. The van der Waals surface area contributed by atoms with E-state index in [-0.39, 0.29) is 23.7 Å². The standard InChI is InChI=1S/C17H21NO3/c19-16(15-9-14(15)11-5-2-1-3-6-11)18-10-12-7-4-8-13(12)17(20)21/h1-3,5-6,12-15H,4,7-10H2,(H,18,19)(H,20,21). The highest BCUT2D eigenvalue weighted by Gasteiger charge is 2.44. The number of amides is 1. The SMILES string of the molecule is O=C(O)C1CCCC1CNC(=O)C1CC1c1ccccc1. The summed E-state index contributed by atoms with van der Waals surface area (Å²) in [5.41, 5.74) is 1.22. The van der Waals surface area contributed by atoms with Crippen LogP contribution in [-0.4, -0.2) is 23.5 Å². The number of carboxylic acid groups (broad SMARTS) is 1. The molecule has 0 saturated heterocycles. The lowest BCUT2D eigenvalue weighted by Gasteiger charge is -2.16. The van der Waals surface area contributed by atoms with E-state index in [0.717, 1.165) is 25.7 Å². The molecule has 2 aliphatic carbocycles. The third-order valence-corrected chi connectivity index (χ3v) is 4.87. The van der Waals surface area contributed by atoms with Gasteiger partial charge in [0.1, 0.15) is 0 Å². The van der Waals surface area contributed by atoms with E-state index in [0.29, 0.717) is 12.5 Å². The van der Waals surface area contributed by atoms with Gasteiger partial charge < -0.3 is 10.4 Å². The van der Waals surface area contributed by atoms with Gasteiger partial charge in [0.05, 0.1) is 5.92 Å². The molecule has 21 heavy (non-hydrogen) atoms. The van der Waals surface area contributed by atoms with Gasteiger partial charge >= 0.3 is 5.97 Å². The molecule has 2 saturated carbocycles. The summed E-state index contributed by atoms with van der Waals surface area (Å²) in [4.78, 5) is 23.3.